The molecular formula is C22H30O2. The van der Waals surface area contributed by atoms with Gasteiger partial charge in [-0.15, -0.1) is 0 Å². The summed E-state index contributed by atoms with van der Waals surface area (Å²) in [6.45, 7) is 2.14. The van der Waals surface area contributed by atoms with Crippen molar-refractivity contribution in [3.05, 3.63) is 85.1 Å². The maximum absolute atomic E-state index is 10.3. The van der Waals surface area contributed by atoms with E-state index < -0.39 is 5.97 Å². The van der Waals surface area contributed by atoms with Crippen molar-refractivity contribution in [1.29, 1.82) is 0 Å². The van der Waals surface area contributed by atoms with Gasteiger partial charge in [-0.2, -0.15) is 0 Å². The second kappa shape index (κ2) is 18.7. The Balaban J connectivity index is 3.65. The molecule has 0 rings (SSSR count). The summed E-state index contributed by atoms with van der Waals surface area (Å²) in [6.07, 6.45) is 33.5. The smallest absolute Gasteiger partial charge is 0.303 e. The molecule has 130 valence electrons. The average Bonchev–Trinajstić information content (AvgIpc) is 2.56. The first-order valence-corrected chi connectivity index (χ1v) is 8.59. The van der Waals surface area contributed by atoms with Gasteiger partial charge in [-0.1, -0.05) is 92.0 Å². The van der Waals surface area contributed by atoms with E-state index in [0.717, 1.165) is 25.7 Å². The molecule has 0 heterocycles. The summed E-state index contributed by atoms with van der Waals surface area (Å²) in [5.74, 6) is -0.761. The van der Waals surface area contributed by atoms with E-state index in [9.17, 15) is 4.79 Å². The summed E-state index contributed by atoms with van der Waals surface area (Å²) in [6, 6.07) is 0. The molecule has 2 nitrogen and oxygen atoms in total. The highest BCUT2D eigenvalue weighted by Crippen LogP contribution is 1.95. The van der Waals surface area contributed by atoms with Crippen LogP contribution in [0.25, 0.3) is 0 Å². The number of rotatable bonds is 13. The van der Waals surface area contributed by atoms with Crippen molar-refractivity contribution < 1.29 is 9.90 Å². The molecule has 0 aliphatic heterocycles. The molecule has 0 amide bonds. The standard InChI is InChI=1S/C22H30O2/c1-2-3-4-5-6-7-8-9-10-11-12-13-14-15-16-17-18-19-20-21-22(23)24/h3-4,6-7,9-10,12-19H,2,5,8,11,20-21H2,1H3,(H,23,24). The summed E-state index contributed by atoms with van der Waals surface area (Å²) in [5, 5.41) is 8.48. The van der Waals surface area contributed by atoms with Gasteiger partial charge in [-0.3, -0.25) is 4.79 Å². The Hall–Kier alpha value is -2.35. The quantitative estimate of drug-likeness (QED) is 0.317. The molecule has 0 aromatic carbocycles. The fourth-order valence-corrected chi connectivity index (χ4v) is 1.68. The van der Waals surface area contributed by atoms with Gasteiger partial charge in [-0.05, 0) is 32.1 Å². The van der Waals surface area contributed by atoms with Gasteiger partial charge in [0.2, 0.25) is 0 Å². The number of carbonyl (C=O) groups is 1. The van der Waals surface area contributed by atoms with E-state index in [2.05, 4.69) is 49.5 Å². The molecule has 0 bridgehead atoms. The van der Waals surface area contributed by atoms with E-state index in [4.69, 9.17) is 5.11 Å². The number of carboxylic acid groups (broad SMARTS) is 1. The minimum atomic E-state index is -0.761. The van der Waals surface area contributed by atoms with Crippen molar-refractivity contribution in [3.63, 3.8) is 0 Å². The van der Waals surface area contributed by atoms with Crippen LogP contribution in [-0.4, -0.2) is 11.1 Å². The third kappa shape index (κ3) is 19.7. The number of hydrogen-bond donors (Lipinski definition) is 1. The molecule has 0 saturated carbocycles. The summed E-state index contributed by atoms with van der Waals surface area (Å²) >= 11 is 0. The maximum Gasteiger partial charge on any atom is 0.303 e. The van der Waals surface area contributed by atoms with Crippen LogP contribution in [0.15, 0.2) is 85.1 Å². The van der Waals surface area contributed by atoms with E-state index in [1.165, 1.54) is 0 Å². The third-order valence-electron chi connectivity index (χ3n) is 2.90. The van der Waals surface area contributed by atoms with Gasteiger partial charge < -0.3 is 5.11 Å². The Kier molecular flexibility index (Phi) is 16.9. The molecule has 0 aliphatic rings. The van der Waals surface area contributed by atoms with Crippen LogP contribution in [0.4, 0.5) is 0 Å². The molecule has 0 atom stereocenters. The van der Waals surface area contributed by atoms with Gasteiger partial charge in [0.25, 0.3) is 0 Å². The van der Waals surface area contributed by atoms with Gasteiger partial charge in [0.15, 0.2) is 0 Å². The first-order valence-electron chi connectivity index (χ1n) is 8.59. The van der Waals surface area contributed by atoms with Gasteiger partial charge in [-0.25, -0.2) is 0 Å². The lowest BCUT2D eigenvalue weighted by Gasteiger charge is -1.84. The lowest BCUT2D eigenvalue weighted by molar-refractivity contribution is -0.136. The van der Waals surface area contributed by atoms with E-state index in [-0.39, 0.29) is 6.42 Å². The monoisotopic (exact) mass is 326 g/mol. The highest BCUT2D eigenvalue weighted by atomic mass is 16.4. The Labute approximate surface area is 147 Å². The zero-order chi connectivity index (χ0) is 17.7. The number of allylic oxidation sites excluding steroid dienone is 14. The SMILES string of the molecule is CCC=CCC=CCC=CCC=CC=CC=CC=CCCC(=O)O. The Morgan fingerprint density at radius 1 is 0.667 bits per heavy atom. The minimum absolute atomic E-state index is 0.183. The van der Waals surface area contributed by atoms with Crippen LogP contribution in [0, 0.1) is 0 Å². The van der Waals surface area contributed by atoms with E-state index in [1.54, 1.807) is 0 Å². The van der Waals surface area contributed by atoms with Crippen molar-refractivity contribution in [3.8, 4) is 0 Å². The van der Waals surface area contributed by atoms with Gasteiger partial charge in [0.1, 0.15) is 0 Å². The molecule has 2 heteroatoms. The van der Waals surface area contributed by atoms with E-state index in [1.807, 2.05) is 42.5 Å². The van der Waals surface area contributed by atoms with Crippen molar-refractivity contribution >= 4 is 5.97 Å². The van der Waals surface area contributed by atoms with Crippen molar-refractivity contribution in [1.82, 2.24) is 0 Å². The van der Waals surface area contributed by atoms with Gasteiger partial charge in [0.05, 0.1) is 0 Å². The predicted molar refractivity (Wildman–Crippen MR) is 105 cm³/mol. The molecule has 0 aromatic rings. The molecule has 0 saturated heterocycles. The Morgan fingerprint density at radius 2 is 1.12 bits per heavy atom. The summed E-state index contributed by atoms with van der Waals surface area (Å²) in [4.78, 5) is 10.3. The molecule has 0 fully saturated rings. The van der Waals surface area contributed by atoms with Crippen molar-refractivity contribution in [2.45, 2.75) is 45.4 Å². The largest absolute Gasteiger partial charge is 0.481 e. The topological polar surface area (TPSA) is 37.3 Å². The highest BCUT2D eigenvalue weighted by molar-refractivity contribution is 5.66. The molecule has 0 unspecified atom stereocenters. The van der Waals surface area contributed by atoms with Crippen LogP contribution in [0.1, 0.15) is 45.4 Å². The average molecular weight is 326 g/mol. The van der Waals surface area contributed by atoms with Crippen LogP contribution in [0.3, 0.4) is 0 Å². The highest BCUT2D eigenvalue weighted by Gasteiger charge is 1.90. The van der Waals surface area contributed by atoms with Crippen LogP contribution in [-0.2, 0) is 4.79 Å². The molecule has 0 spiro atoms. The summed E-state index contributed by atoms with van der Waals surface area (Å²) < 4.78 is 0. The van der Waals surface area contributed by atoms with Crippen molar-refractivity contribution in [2.24, 2.45) is 0 Å². The molecule has 0 aliphatic carbocycles. The van der Waals surface area contributed by atoms with Crippen molar-refractivity contribution in [2.75, 3.05) is 0 Å². The molecule has 1 N–H and O–H groups in total. The van der Waals surface area contributed by atoms with Crippen LogP contribution < -0.4 is 0 Å². The number of carboxylic acids is 1. The Morgan fingerprint density at radius 3 is 1.67 bits per heavy atom. The molecule has 0 aromatic heterocycles. The fraction of sp³-hybridized carbons (Fsp3) is 0.318. The third-order valence-corrected chi connectivity index (χ3v) is 2.90. The zero-order valence-electron chi connectivity index (χ0n) is 14.7. The molecule has 0 radical (unpaired) electrons. The zero-order valence-corrected chi connectivity index (χ0v) is 14.7. The normalized spacial score (nSPS) is 13.4. The second-order valence-electron chi connectivity index (χ2n) is 5.09. The fourth-order valence-electron chi connectivity index (χ4n) is 1.68. The Bertz CT molecular complexity index is 500. The van der Waals surface area contributed by atoms with Gasteiger partial charge in [0, 0.05) is 6.42 Å². The van der Waals surface area contributed by atoms with Crippen LogP contribution >= 0.6 is 0 Å². The minimum Gasteiger partial charge on any atom is -0.481 e. The number of aliphatic carboxylic acids is 1. The van der Waals surface area contributed by atoms with E-state index in [0.29, 0.717) is 6.42 Å². The number of hydrogen-bond acceptors (Lipinski definition) is 1. The summed E-state index contributed by atoms with van der Waals surface area (Å²) in [7, 11) is 0. The molecular weight excluding hydrogens is 296 g/mol. The first-order chi connectivity index (χ1) is 11.8. The maximum atomic E-state index is 10.3. The first kappa shape index (κ1) is 21.6. The van der Waals surface area contributed by atoms with Crippen LogP contribution in [0.2, 0.25) is 0 Å². The second-order valence-corrected chi connectivity index (χ2v) is 5.09. The van der Waals surface area contributed by atoms with Crippen LogP contribution in [0.5, 0.6) is 0 Å². The molecule has 24 heavy (non-hydrogen) atoms. The predicted octanol–water partition coefficient (Wildman–Crippen LogP) is 6.32. The van der Waals surface area contributed by atoms with E-state index >= 15 is 0 Å². The lowest BCUT2D eigenvalue weighted by atomic mass is 10.2. The van der Waals surface area contributed by atoms with Gasteiger partial charge >= 0.3 is 5.97 Å². The lowest BCUT2D eigenvalue weighted by Crippen LogP contribution is -1.91. The summed E-state index contributed by atoms with van der Waals surface area (Å²) in [5.41, 5.74) is 0.